The fourth-order valence-electron chi connectivity index (χ4n) is 3.57. The minimum Gasteiger partial charge on any atom is -0.493 e. The van der Waals surface area contributed by atoms with E-state index < -0.39 is 10.0 Å². The molecule has 0 saturated carbocycles. The molecule has 0 amide bonds. The predicted octanol–water partition coefficient (Wildman–Crippen LogP) is 5.45. The van der Waals surface area contributed by atoms with Crippen LogP contribution in [0.25, 0.3) is 11.3 Å². The number of hydrogen-bond acceptors (Lipinski definition) is 7. The van der Waals surface area contributed by atoms with Crippen molar-refractivity contribution in [2.75, 3.05) is 17.6 Å². The lowest BCUT2D eigenvalue weighted by Gasteiger charge is -2.15. The van der Waals surface area contributed by atoms with Gasteiger partial charge in [-0.05, 0) is 41.8 Å². The lowest BCUT2D eigenvalue weighted by Crippen LogP contribution is -2.16. The number of hydrogen-bond donors (Lipinski definition) is 2. The molecule has 0 aliphatic heterocycles. The predicted molar refractivity (Wildman–Crippen MR) is 136 cm³/mol. The molecular formula is C26H26N4O4S. The Hall–Kier alpha value is -4.11. The van der Waals surface area contributed by atoms with Crippen molar-refractivity contribution in [2.45, 2.75) is 24.7 Å². The van der Waals surface area contributed by atoms with Crippen LogP contribution in [0, 0.1) is 0 Å². The third-order valence-electron chi connectivity index (χ3n) is 5.24. The highest BCUT2D eigenvalue weighted by atomic mass is 32.2. The van der Waals surface area contributed by atoms with Gasteiger partial charge in [-0.2, -0.15) is 4.98 Å². The van der Waals surface area contributed by atoms with Crippen LogP contribution in [0.1, 0.15) is 25.3 Å². The van der Waals surface area contributed by atoms with Gasteiger partial charge in [0.2, 0.25) is 11.8 Å². The molecule has 35 heavy (non-hydrogen) atoms. The van der Waals surface area contributed by atoms with Crippen molar-refractivity contribution < 1.29 is 17.9 Å². The van der Waals surface area contributed by atoms with Gasteiger partial charge in [-0.15, -0.1) is 0 Å². The summed E-state index contributed by atoms with van der Waals surface area (Å²) in [4.78, 5) is 8.85. The standard InChI is InChI=1S/C26H26N4O4S/c1-17(2)20-11-4-5-12-21(20)22-16-25(34-24-14-7-6-13-23(24)33-3)29-26(28-22)30-35(31,32)19-10-8-9-18(27)15-19/h4-17H,27H2,1-3H3,(H,28,29,30). The number of para-hydroxylation sites is 2. The number of anilines is 2. The Bertz CT molecular complexity index is 1460. The van der Waals surface area contributed by atoms with Gasteiger partial charge in [0.15, 0.2) is 11.5 Å². The Labute approximate surface area is 204 Å². The molecule has 9 heteroatoms. The number of ether oxygens (including phenoxy) is 2. The third kappa shape index (κ3) is 5.52. The normalized spacial score (nSPS) is 11.3. The van der Waals surface area contributed by atoms with Crippen LogP contribution in [0.4, 0.5) is 11.6 Å². The average molecular weight is 491 g/mol. The summed E-state index contributed by atoms with van der Waals surface area (Å²) < 4.78 is 39.9. The van der Waals surface area contributed by atoms with Crippen molar-refractivity contribution in [3.8, 4) is 28.6 Å². The topological polar surface area (TPSA) is 116 Å². The first-order valence-electron chi connectivity index (χ1n) is 10.9. The van der Waals surface area contributed by atoms with Gasteiger partial charge in [-0.3, -0.25) is 0 Å². The number of nitrogens with one attached hydrogen (secondary N) is 1. The lowest BCUT2D eigenvalue weighted by molar-refractivity contribution is 0.374. The summed E-state index contributed by atoms with van der Waals surface area (Å²) in [5.74, 6) is 1.18. The molecule has 1 aromatic heterocycles. The van der Waals surface area contributed by atoms with Crippen LogP contribution in [0.5, 0.6) is 17.4 Å². The van der Waals surface area contributed by atoms with Gasteiger partial charge in [0.1, 0.15) is 0 Å². The molecule has 0 spiro atoms. The number of methoxy groups -OCH3 is 1. The summed E-state index contributed by atoms with van der Waals surface area (Å²) in [6, 6.07) is 22.6. The summed E-state index contributed by atoms with van der Waals surface area (Å²) in [6.45, 7) is 4.16. The number of nitrogen functional groups attached to an aromatic ring is 1. The number of nitrogens with zero attached hydrogens (tertiary/aromatic N) is 2. The van der Waals surface area contributed by atoms with Crippen LogP contribution < -0.4 is 19.9 Å². The molecule has 3 aromatic carbocycles. The van der Waals surface area contributed by atoms with Gasteiger partial charge in [-0.1, -0.05) is 56.3 Å². The summed E-state index contributed by atoms with van der Waals surface area (Å²) in [7, 11) is -2.46. The summed E-state index contributed by atoms with van der Waals surface area (Å²) in [6.07, 6.45) is 0. The first-order chi connectivity index (χ1) is 16.8. The minimum absolute atomic E-state index is 0.00119. The molecule has 0 radical (unpaired) electrons. The maximum absolute atomic E-state index is 13.0. The number of aromatic nitrogens is 2. The zero-order chi connectivity index (χ0) is 25.0. The van der Waals surface area contributed by atoms with E-state index in [1.165, 1.54) is 19.2 Å². The zero-order valence-corrected chi connectivity index (χ0v) is 20.4. The summed E-state index contributed by atoms with van der Waals surface area (Å²) >= 11 is 0. The Balaban J connectivity index is 1.82. The smallest absolute Gasteiger partial charge is 0.264 e. The monoisotopic (exact) mass is 490 g/mol. The third-order valence-corrected chi connectivity index (χ3v) is 6.56. The van der Waals surface area contributed by atoms with Gasteiger partial charge >= 0.3 is 0 Å². The van der Waals surface area contributed by atoms with Gasteiger partial charge in [-0.25, -0.2) is 18.1 Å². The van der Waals surface area contributed by atoms with E-state index in [0.29, 0.717) is 22.9 Å². The van der Waals surface area contributed by atoms with Crippen molar-refractivity contribution in [1.82, 2.24) is 9.97 Å². The fraction of sp³-hybridized carbons (Fsp3) is 0.154. The number of nitrogens with two attached hydrogens (primary N) is 1. The van der Waals surface area contributed by atoms with E-state index in [-0.39, 0.29) is 22.6 Å². The lowest BCUT2D eigenvalue weighted by atomic mass is 9.95. The Morgan fingerprint density at radius 2 is 1.60 bits per heavy atom. The molecule has 0 aliphatic rings. The van der Waals surface area contributed by atoms with Crippen LogP contribution in [-0.4, -0.2) is 25.5 Å². The van der Waals surface area contributed by atoms with Crippen LogP contribution in [0.2, 0.25) is 0 Å². The molecule has 1 heterocycles. The quantitative estimate of drug-likeness (QED) is 0.315. The van der Waals surface area contributed by atoms with Gasteiger partial charge < -0.3 is 15.2 Å². The highest BCUT2D eigenvalue weighted by Crippen LogP contribution is 2.34. The first kappa shape index (κ1) is 24.0. The maximum atomic E-state index is 13.0. The Morgan fingerprint density at radius 1 is 0.886 bits per heavy atom. The molecule has 0 aliphatic carbocycles. The largest absolute Gasteiger partial charge is 0.493 e. The van der Waals surface area contributed by atoms with E-state index in [1.54, 1.807) is 36.4 Å². The van der Waals surface area contributed by atoms with Crippen molar-refractivity contribution in [3.63, 3.8) is 0 Å². The summed E-state index contributed by atoms with van der Waals surface area (Å²) in [5.41, 5.74) is 8.52. The van der Waals surface area contributed by atoms with Crippen molar-refractivity contribution in [2.24, 2.45) is 0 Å². The van der Waals surface area contributed by atoms with Crippen molar-refractivity contribution >= 4 is 21.7 Å². The van der Waals surface area contributed by atoms with Crippen molar-refractivity contribution in [1.29, 1.82) is 0 Å². The second-order valence-electron chi connectivity index (χ2n) is 8.09. The molecule has 0 atom stereocenters. The summed E-state index contributed by atoms with van der Waals surface area (Å²) in [5, 5.41) is 0. The van der Waals surface area contributed by atoms with Crippen LogP contribution in [-0.2, 0) is 10.0 Å². The van der Waals surface area contributed by atoms with Crippen LogP contribution in [0.15, 0.2) is 83.8 Å². The highest BCUT2D eigenvalue weighted by Gasteiger charge is 2.19. The van der Waals surface area contributed by atoms with E-state index in [2.05, 4.69) is 28.5 Å². The van der Waals surface area contributed by atoms with E-state index in [1.807, 2.05) is 30.3 Å². The zero-order valence-electron chi connectivity index (χ0n) is 19.6. The van der Waals surface area contributed by atoms with E-state index in [4.69, 9.17) is 15.2 Å². The first-order valence-corrected chi connectivity index (χ1v) is 12.4. The molecule has 0 saturated heterocycles. The minimum atomic E-state index is -4.00. The second kappa shape index (κ2) is 10.0. The Morgan fingerprint density at radius 3 is 2.31 bits per heavy atom. The fourth-order valence-corrected chi connectivity index (χ4v) is 4.57. The van der Waals surface area contributed by atoms with Gasteiger partial charge in [0, 0.05) is 17.3 Å². The van der Waals surface area contributed by atoms with Crippen LogP contribution >= 0.6 is 0 Å². The maximum Gasteiger partial charge on any atom is 0.264 e. The average Bonchev–Trinajstić information content (AvgIpc) is 2.84. The molecule has 0 bridgehead atoms. The van der Waals surface area contributed by atoms with E-state index >= 15 is 0 Å². The highest BCUT2D eigenvalue weighted by molar-refractivity contribution is 7.92. The molecule has 0 fully saturated rings. The SMILES string of the molecule is COc1ccccc1Oc1cc(-c2ccccc2C(C)C)nc(NS(=O)(=O)c2cccc(N)c2)n1. The van der Waals surface area contributed by atoms with Gasteiger partial charge in [0.05, 0.1) is 17.7 Å². The van der Waals surface area contributed by atoms with E-state index in [0.717, 1.165) is 11.1 Å². The van der Waals surface area contributed by atoms with Crippen molar-refractivity contribution in [3.05, 3.63) is 84.4 Å². The molecular weight excluding hydrogens is 464 g/mol. The molecule has 8 nitrogen and oxygen atoms in total. The van der Waals surface area contributed by atoms with Gasteiger partial charge in [0.25, 0.3) is 10.0 Å². The Kier molecular flexibility index (Phi) is 6.88. The van der Waals surface area contributed by atoms with Crippen LogP contribution in [0.3, 0.4) is 0 Å². The molecule has 0 unspecified atom stereocenters. The van der Waals surface area contributed by atoms with E-state index in [9.17, 15) is 8.42 Å². The molecule has 3 N–H and O–H groups in total. The number of benzene rings is 3. The number of sulfonamides is 1. The number of rotatable bonds is 8. The molecule has 4 aromatic rings. The molecule has 180 valence electrons. The second-order valence-corrected chi connectivity index (χ2v) is 9.77. The molecule has 4 rings (SSSR count).